The topological polar surface area (TPSA) is 49.8 Å². The number of carbonyl (C=O) groups excluding carboxylic acids is 1. The second kappa shape index (κ2) is 7.86. The number of nitrogens with zero attached hydrogens (tertiary/aromatic N) is 1. The molecule has 1 heterocycles. The first-order valence-electron chi connectivity index (χ1n) is 10.6. The van der Waals surface area contributed by atoms with Crippen LogP contribution in [0.2, 0.25) is 0 Å². The highest BCUT2D eigenvalue weighted by atomic mass is 16.6. The molecular formula is C26H25NO3. The van der Waals surface area contributed by atoms with Crippen LogP contribution in [-0.2, 0) is 11.2 Å². The third kappa shape index (κ3) is 3.54. The van der Waals surface area contributed by atoms with Crippen molar-refractivity contribution in [2.75, 3.05) is 19.7 Å². The number of phenolic OH excluding ortho intramolecular Hbond substituents is 1. The molecule has 5 rings (SSSR count). The molecule has 1 aliphatic heterocycles. The minimum absolute atomic E-state index is 0.0899. The number of hydrogen-bond acceptors (Lipinski definition) is 3. The van der Waals surface area contributed by atoms with Gasteiger partial charge in [-0.1, -0.05) is 60.7 Å². The highest BCUT2D eigenvalue weighted by molar-refractivity contribution is 5.79. The molecule has 1 N–H and O–H groups in total. The largest absolute Gasteiger partial charge is 0.508 e. The van der Waals surface area contributed by atoms with Gasteiger partial charge in [0, 0.05) is 19.0 Å². The van der Waals surface area contributed by atoms with Crippen LogP contribution >= 0.6 is 0 Å². The summed E-state index contributed by atoms with van der Waals surface area (Å²) in [6.07, 6.45) is 1.59. The standard InChI is InChI=1S/C26H25NO3/c28-20-7-5-6-18(15-20)14-19-12-13-27(16-19)26(29)30-17-25-23-10-3-1-8-21(23)22-9-2-4-11-24(22)25/h1-11,15,19,25,28H,12-14,16-17H2. The summed E-state index contributed by atoms with van der Waals surface area (Å²) < 4.78 is 5.79. The number of hydrogen-bond donors (Lipinski definition) is 1. The highest BCUT2D eigenvalue weighted by Gasteiger charge is 2.31. The number of rotatable bonds is 4. The van der Waals surface area contributed by atoms with Gasteiger partial charge in [-0.2, -0.15) is 0 Å². The Morgan fingerprint density at radius 3 is 2.37 bits per heavy atom. The van der Waals surface area contributed by atoms with Gasteiger partial charge < -0.3 is 14.7 Å². The van der Waals surface area contributed by atoms with Crippen molar-refractivity contribution in [3.8, 4) is 16.9 Å². The summed E-state index contributed by atoms with van der Waals surface area (Å²) in [5, 5.41) is 9.66. The summed E-state index contributed by atoms with van der Waals surface area (Å²) in [6, 6.07) is 24.1. The molecule has 1 fully saturated rings. The lowest BCUT2D eigenvalue weighted by Crippen LogP contribution is -2.30. The van der Waals surface area contributed by atoms with Gasteiger partial charge in [-0.3, -0.25) is 0 Å². The fourth-order valence-corrected chi connectivity index (χ4v) is 4.87. The molecule has 1 amide bonds. The molecule has 1 unspecified atom stereocenters. The zero-order valence-corrected chi connectivity index (χ0v) is 16.8. The SMILES string of the molecule is O=C(OCC1c2ccccc2-c2ccccc21)N1CCC(Cc2cccc(O)c2)C1. The van der Waals surface area contributed by atoms with Gasteiger partial charge in [-0.05, 0) is 58.7 Å². The van der Waals surface area contributed by atoms with Crippen LogP contribution in [0.1, 0.15) is 29.0 Å². The monoisotopic (exact) mass is 399 g/mol. The second-order valence-corrected chi connectivity index (χ2v) is 8.28. The third-order valence-electron chi connectivity index (χ3n) is 6.32. The summed E-state index contributed by atoms with van der Waals surface area (Å²) in [7, 11) is 0. The lowest BCUT2D eigenvalue weighted by atomic mass is 9.98. The third-order valence-corrected chi connectivity index (χ3v) is 6.32. The van der Waals surface area contributed by atoms with E-state index in [1.165, 1.54) is 22.3 Å². The van der Waals surface area contributed by atoms with Gasteiger partial charge in [0.1, 0.15) is 12.4 Å². The first kappa shape index (κ1) is 18.7. The second-order valence-electron chi connectivity index (χ2n) is 8.28. The zero-order chi connectivity index (χ0) is 20.5. The van der Waals surface area contributed by atoms with E-state index in [2.05, 4.69) is 36.4 Å². The quantitative estimate of drug-likeness (QED) is 0.656. The molecular weight excluding hydrogens is 374 g/mol. The number of benzene rings is 3. The zero-order valence-electron chi connectivity index (χ0n) is 16.8. The van der Waals surface area contributed by atoms with Gasteiger partial charge in [0.05, 0.1) is 0 Å². The van der Waals surface area contributed by atoms with Crippen LogP contribution in [0.15, 0.2) is 72.8 Å². The fraction of sp³-hybridized carbons (Fsp3) is 0.269. The summed E-state index contributed by atoms with van der Waals surface area (Å²) in [6.45, 7) is 1.78. The molecule has 1 saturated heterocycles. The molecule has 3 aromatic rings. The maximum atomic E-state index is 12.7. The van der Waals surface area contributed by atoms with Crippen LogP contribution in [0, 0.1) is 5.92 Å². The van der Waals surface area contributed by atoms with Crippen LogP contribution in [0.4, 0.5) is 4.79 Å². The van der Waals surface area contributed by atoms with Gasteiger partial charge in [-0.25, -0.2) is 4.79 Å². The maximum absolute atomic E-state index is 12.7. The normalized spacial score (nSPS) is 17.6. The fourth-order valence-electron chi connectivity index (χ4n) is 4.87. The van der Waals surface area contributed by atoms with E-state index in [9.17, 15) is 9.90 Å². The molecule has 0 radical (unpaired) electrons. The first-order chi connectivity index (χ1) is 14.7. The molecule has 0 saturated carbocycles. The number of ether oxygens (including phenoxy) is 1. The Balaban J connectivity index is 1.22. The number of phenols is 1. The number of carbonyl (C=O) groups is 1. The molecule has 0 aromatic heterocycles. The van der Waals surface area contributed by atoms with Crippen molar-refractivity contribution in [2.24, 2.45) is 5.92 Å². The summed E-state index contributed by atoms with van der Waals surface area (Å²) in [5.74, 6) is 0.776. The molecule has 0 bridgehead atoms. The van der Waals surface area contributed by atoms with E-state index >= 15 is 0 Å². The lowest BCUT2D eigenvalue weighted by Gasteiger charge is -2.19. The van der Waals surface area contributed by atoms with Crippen molar-refractivity contribution in [3.05, 3.63) is 89.5 Å². The molecule has 152 valence electrons. The predicted molar refractivity (Wildman–Crippen MR) is 117 cm³/mol. The first-order valence-corrected chi connectivity index (χ1v) is 10.6. The van der Waals surface area contributed by atoms with Gasteiger partial charge in [0.2, 0.25) is 0 Å². The molecule has 4 nitrogen and oxygen atoms in total. The molecule has 1 aliphatic carbocycles. The Morgan fingerprint density at radius 2 is 1.67 bits per heavy atom. The van der Waals surface area contributed by atoms with Gasteiger partial charge in [0.15, 0.2) is 0 Å². The minimum atomic E-state index is -0.227. The smallest absolute Gasteiger partial charge is 0.409 e. The predicted octanol–water partition coefficient (Wildman–Crippen LogP) is 5.21. The Hall–Kier alpha value is -3.27. The van der Waals surface area contributed by atoms with Gasteiger partial charge in [-0.15, -0.1) is 0 Å². The van der Waals surface area contributed by atoms with Crippen molar-refractivity contribution in [2.45, 2.75) is 18.8 Å². The van der Waals surface area contributed by atoms with E-state index in [1.54, 1.807) is 12.1 Å². The van der Waals surface area contributed by atoms with E-state index in [0.29, 0.717) is 24.8 Å². The van der Waals surface area contributed by atoms with E-state index in [4.69, 9.17) is 4.74 Å². The van der Waals surface area contributed by atoms with Gasteiger partial charge in [0.25, 0.3) is 0 Å². The Kier molecular flexibility index (Phi) is 4.91. The molecule has 2 aliphatic rings. The molecule has 4 heteroatoms. The maximum Gasteiger partial charge on any atom is 0.409 e. The number of amides is 1. The molecule has 1 atom stereocenters. The number of aromatic hydroxyl groups is 1. The Bertz CT molecular complexity index is 1030. The molecule has 3 aromatic carbocycles. The van der Waals surface area contributed by atoms with Crippen molar-refractivity contribution in [1.82, 2.24) is 4.90 Å². The van der Waals surface area contributed by atoms with Crippen molar-refractivity contribution < 1.29 is 14.6 Å². The average Bonchev–Trinajstić information content (AvgIpc) is 3.35. The van der Waals surface area contributed by atoms with E-state index in [1.807, 2.05) is 29.2 Å². The van der Waals surface area contributed by atoms with Crippen LogP contribution in [0.25, 0.3) is 11.1 Å². The average molecular weight is 399 g/mol. The van der Waals surface area contributed by atoms with E-state index in [0.717, 1.165) is 24.9 Å². The van der Waals surface area contributed by atoms with Crippen molar-refractivity contribution in [3.63, 3.8) is 0 Å². The number of fused-ring (bicyclic) bond motifs is 3. The lowest BCUT2D eigenvalue weighted by molar-refractivity contribution is 0.106. The van der Waals surface area contributed by atoms with Crippen LogP contribution < -0.4 is 0 Å². The summed E-state index contributed by atoms with van der Waals surface area (Å²) >= 11 is 0. The molecule has 30 heavy (non-hydrogen) atoms. The van der Waals surface area contributed by atoms with Gasteiger partial charge >= 0.3 is 6.09 Å². The van der Waals surface area contributed by atoms with Crippen molar-refractivity contribution in [1.29, 1.82) is 0 Å². The van der Waals surface area contributed by atoms with Crippen LogP contribution in [0.3, 0.4) is 0 Å². The summed E-state index contributed by atoms with van der Waals surface area (Å²) in [4.78, 5) is 14.6. The van der Waals surface area contributed by atoms with Crippen LogP contribution in [-0.4, -0.2) is 35.8 Å². The Morgan fingerprint density at radius 1 is 0.967 bits per heavy atom. The molecule has 0 spiro atoms. The highest BCUT2D eigenvalue weighted by Crippen LogP contribution is 2.44. The summed E-state index contributed by atoms with van der Waals surface area (Å²) in [5.41, 5.74) is 6.04. The van der Waals surface area contributed by atoms with Crippen LogP contribution in [0.5, 0.6) is 5.75 Å². The Labute approximate surface area is 176 Å². The number of likely N-dealkylation sites (tertiary alicyclic amines) is 1. The van der Waals surface area contributed by atoms with Crippen molar-refractivity contribution >= 4 is 6.09 Å². The van der Waals surface area contributed by atoms with E-state index in [-0.39, 0.29) is 12.0 Å². The minimum Gasteiger partial charge on any atom is -0.508 e. The van der Waals surface area contributed by atoms with E-state index < -0.39 is 0 Å².